The summed E-state index contributed by atoms with van der Waals surface area (Å²) >= 11 is 0. The van der Waals surface area contributed by atoms with Crippen LogP contribution in [0.3, 0.4) is 0 Å². The fourth-order valence-electron chi connectivity index (χ4n) is 3.32. The zero-order chi connectivity index (χ0) is 17.6. The predicted octanol–water partition coefficient (Wildman–Crippen LogP) is 1.09. The first-order valence-corrected chi connectivity index (χ1v) is 9.05. The molecule has 1 aromatic carbocycles. The third-order valence-corrected chi connectivity index (χ3v) is 4.87. The average Bonchev–Trinajstić information content (AvgIpc) is 3.36. The number of carbonyl (C=O) groups excluding carboxylic acids is 2. The second-order valence-electron chi connectivity index (χ2n) is 6.92. The van der Waals surface area contributed by atoms with Crippen molar-refractivity contribution in [1.82, 2.24) is 15.5 Å². The normalized spacial score (nSPS) is 21.1. The van der Waals surface area contributed by atoms with Crippen molar-refractivity contribution >= 4 is 11.8 Å². The largest absolute Gasteiger partial charge is 0.381 e. The smallest absolute Gasteiger partial charge is 0.246 e. The number of hydrogen-bond acceptors (Lipinski definition) is 4. The summed E-state index contributed by atoms with van der Waals surface area (Å²) in [7, 11) is 1.58. The number of ether oxygens (including phenoxy) is 1. The second-order valence-corrected chi connectivity index (χ2v) is 6.92. The molecule has 2 fully saturated rings. The van der Waals surface area contributed by atoms with Crippen molar-refractivity contribution in [3.8, 4) is 0 Å². The maximum Gasteiger partial charge on any atom is 0.246 e. The Morgan fingerprint density at radius 3 is 2.60 bits per heavy atom. The van der Waals surface area contributed by atoms with E-state index in [0.717, 1.165) is 44.6 Å². The van der Waals surface area contributed by atoms with Crippen molar-refractivity contribution in [2.24, 2.45) is 5.92 Å². The Labute approximate surface area is 148 Å². The summed E-state index contributed by atoms with van der Waals surface area (Å²) in [5.41, 5.74) is 0.789. The molecule has 1 aliphatic heterocycles. The topological polar surface area (TPSA) is 70.7 Å². The first kappa shape index (κ1) is 17.9. The van der Waals surface area contributed by atoms with Crippen molar-refractivity contribution in [3.63, 3.8) is 0 Å². The van der Waals surface area contributed by atoms with Gasteiger partial charge in [-0.1, -0.05) is 30.3 Å². The molecule has 2 amide bonds. The lowest BCUT2D eigenvalue weighted by molar-refractivity contribution is -0.129. The van der Waals surface area contributed by atoms with Crippen LogP contribution in [-0.4, -0.2) is 56.1 Å². The maximum atomic E-state index is 12.6. The summed E-state index contributed by atoms with van der Waals surface area (Å²) in [6.45, 7) is 2.84. The lowest BCUT2D eigenvalue weighted by atomic mass is 10.1. The van der Waals surface area contributed by atoms with Crippen molar-refractivity contribution in [1.29, 1.82) is 0 Å². The van der Waals surface area contributed by atoms with Crippen LogP contribution < -0.4 is 10.6 Å². The van der Waals surface area contributed by atoms with E-state index in [2.05, 4.69) is 15.5 Å². The Morgan fingerprint density at radius 2 is 2.00 bits per heavy atom. The highest BCUT2D eigenvalue weighted by atomic mass is 16.5. The highest BCUT2D eigenvalue weighted by Crippen LogP contribution is 2.28. The first-order valence-electron chi connectivity index (χ1n) is 9.05. The van der Waals surface area contributed by atoms with Gasteiger partial charge in [0.1, 0.15) is 6.04 Å². The van der Waals surface area contributed by atoms with Crippen LogP contribution in [0.25, 0.3) is 0 Å². The molecule has 1 saturated carbocycles. The van der Waals surface area contributed by atoms with E-state index in [1.54, 1.807) is 7.05 Å². The maximum absolute atomic E-state index is 12.6. The number of nitrogens with one attached hydrogen (secondary N) is 2. The number of amides is 2. The molecule has 2 unspecified atom stereocenters. The fourth-order valence-corrected chi connectivity index (χ4v) is 3.32. The van der Waals surface area contributed by atoms with Gasteiger partial charge >= 0.3 is 0 Å². The SMILES string of the molecule is CNC(=O)C(NC(=O)CN(CC1CCOC1)C1CC1)c1ccccc1. The Bertz CT molecular complexity index is 583. The summed E-state index contributed by atoms with van der Waals surface area (Å²) in [6, 6.07) is 9.19. The molecule has 0 radical (unpaired) electrons. The Morgan fingerprint density at radius 1 is 1.24 bits per heavy atom. The molecule has 6 heteroatoms. The molecule has 0 bridgehead atoms. The molecule has 3 rings (SSSR count). The highest BCUT2D eigenvalue weighted by Gasteiger charge is 2.33. The molecule has 0 aromatic heterocycles. The molecule has 136 valence electrons. The number of carbonyl (C=O) groups is 2. The number of nitrogens with zero attached hydrogens (tertiary/aromatic N) is 1. The van der Waals surface area contributed by atoms with E-state index in [1.165, 1.54) is 0 Å². The third kappa shape index (κ3) is 5.03. The van der Waals surface area contributed by atoms with E-state index >= 15 is 0 Å². The molecule has 1 aliphatic carbocycles. The van der Waals surface area contributed by atoms with E-state index in [9.17, 15) is 9.59 Å². The molecule has 1 heterocycles. The van der Waals surface area contributed by atoms with Gasteiger partial charge in [-0.05, 0) is 30.7 Å². The van der Waals surface area contributed by atoms with Crippen LogP contribution in [0.4, 0.5) is 0 Å². The summed E-state index contributed by atoms with van der Waals surface area (Å²) in [5.74, 6) is 0.197. The minimum absolute atomic E-state index is 0.108. The lowest BCUT2D eigenvalue weighted by Crippen LogP contribution is -2.45. The van der Waals surface area contributed by atoms with Gasteiger partial charge in [0.05, 0.1) is 13.2 Å². The van der Waals surface area contributed by atoms with Gasteiger partial charge in [-0.3, -0.25) is 14.5 Å². The molecule has 1 saturated heterocycles. The van der Waals surface area contributed by atoms with Gasteiger partial charge in [-0.25, -0.2) is 0 Å². The van der Waals surface area contributed by atoms with Crippen molar-refractivity contribution in [2.75, 3.05) is 33.4 Å². The van der Waals surface area contributed by atoms with Crippen LogP contribution in [0, 0.1) is 5.92 Å². The Hall–Kier alpha value is -1.92. The molecule has 25 heavy (non-hydrogen) atoms. The van der Waals surface area contributed by atoms with E-state index in [1.807, 2.05) is 30.3 Å². The fraction of sp³-hybridized carbons (Fsp3) is 0.579. The Balaban J connectivity index is 1.60. The minimum atomic E-state index is -0.658. The summed E-state index contributed by atoms with van der Waals surface area (Å²) in [4.78, 5) is 27.1. The van der Waals surface area contributed by atoms with Gasteiger partial charge in [0.15, 0.2) is 0 Å². The monoisotopic (exact) mass is 345 g/mol. The Kier molecular flexibility index (Phi) is 6.04. The van der Waals surface area contributed by atoms with Crippen LogP contribution in [0.2, 0.25) is 0 Å². The van der Waals surface area contributed by atoms with Crippen LogP contribution in [0.1, 0.15) is 30.9 Å². The van der Waals surface area contributed by atoms with Gasteiger partial charge in [0, 0.05) is 26.2 Å². The van der Waals surface area contributed by atoms with E-state index in [4.69, 9.17) is 4.74 Å². The summed E-state index contributed by atoms with van der Waals surface area (Å²) < 4.78 is 5.45. The quantitative estimate of drug-likeness (QED) is 0.740. The van der Waals surface area contributed by atoms with Crippen molar-refractivity contribution in [3.05, 3.63) is 35.9 Å². The van der Waals surface area contributed by atoms with Gasteiger partial charge in [0.2, 0.25) is 11.8 Å². The van der Waals surface area contributed by atoms with E-state index < -0.39 is 6.04 Å². The zero-order valence-corrected chi connectivity index (χ0v) is 14.7. The molecule has 2 N–H and O–H groups in total. The molecule has 6 nitrogen and oxygen atoms in total. The molecule has 1 aromatic rings. The van der Waals surface area contributed by atoms with Crippen molar-refractivity contribution < 1.29 is 14.3 Å². The van der Waals surface area contributed by atoms with Crippen LogP contribution in [-0.2, 0) is 14.3 Å². The average molecular weight is 345 g/mol. The van der Waals surface area contributed by atoms with Crippen LogP contribution >= 0.6 is 0 Å². The number of likely N-dealkylation sites (N-methyl/N-ethyl adjacent to an activating group) is 1. The molecule has 2 atom stereocenters. The summed E-state index contributed by atoms with van der Waals surface area (Å²) in [6.07, 6.45) is 3.37. The van der Waals surface area contributed by atoms with Crippen LogP contribution in [0.5, 0.6) is 0 Å². The molecule has 0 spiro atoms. The summed E-state index contributed by atoms with van der Waals surface area (Å²) in [5, 5.41) is 5.53. The standard InChI is InChI=1S/C19H27N3O3/c1-20-19(24)18(15-5-3-2-4-6-15)21-17(23)12-22(16-7-8-16)11-14-9-10-25-13-14/h2-6,14,16,18H,7-13H2,1H3,(H,20,24)(H,21,23). The molecular formula is C19H27N3O3. The first-order chi connectivity index (χ1) is 12.2. The molecule has 2 aliphatic rings. The number of benzene rings is 1. The van der Waals surface area contributed by atoms with Gasteiger partial charge < -0.3 is 15.4 Å². The second kappa shape index (κ2) is 8.45. The van der Waals surface area contributed by atoms with Gasteiger partial charge in [-0.15, -0.1) is 0 Å². The third-order valence-electron chi connectivity index (χ3n) is 4.87. The number of hydrogen-bond donors (Lipinski definition) is 2. The van der Waals surface area contributed by atoms with Crippen molar-refractivity contribution in [2.45, 2.75) is 31.3 Å². The molecular weight excluding hydrogens is 318 g/mol. The number of rotatable bonds is 8. The lowest BCUT2D eigenvalue weighted by Gasteiger charge is -2.25. The van der Waals surface area contributed by atoms with Gasteiger partial charge in [-0.2, -0.15) is 0 Å². The van der Waals surface area contributed by atoms with Gasteiger partial charge in [0.25, 0.3) is 0 Å². The van der Waals surface area contributed by atoms with Crippen LogP contribution in [0.15, 0.2) is 30.3 Å². The van der Waals surface area contributed by atoms with E-state index in [-0.39, 0.29) is 11.8 Å². The predicted molar refractivity (Wildman–Crippen MR) is 94.9 cm³/mol. The zero-order valence-electron chi connectivity index (χ0n) is 14.7. The highest BCUT2D eigenvalue weighted by molar-refractivity contribution is 5.89. The minimum Gasteiger partial charge on any atom is -0.381 e. The van der Waals surface area contributed by atoms with E-state index in [0.29, 0.717) is 18.5 Å².